The van der Waals surface area contributed by atoms with Gasteiger partial charge in [0, 0.05) is 126 Å². The van der Waals surface area contributed by atoms with Gasteiger partial charge in [-0.05, 0) is 195 Å². The first-order valence-corrected chi connectivity index (χ1v) is 41.7. The zero-order valence-corrected chi connectivity index (χ0v) is 72.1. The molecule has 0 aliphatic heterocycles. The fraction of sp³-hybridized carbons (Fsp3) is 0.593. The smallest absolute Gasteiger partial charge is 0.178 e. The summed E-state index contributed by atoms with van der Waals surface area (Å²) in [6.07, 6.45) is 10.8. The van der Waals surface area contributed by atoms with Crippen LogP contribution >= 0.6 is 0 Å². The van der Waals surface area contributed by atoms with Gasteiger partial charge in [-0.15, -0.1) is 0 Å². The van der Waals surface area contributed by atoms with E-state index < -0.39 is 9.84 Å². The fourth-order valence-electron chi connectivity index (χ4n) is 12.5. The lowest BCUT2D eigenvalue weighted by Crippen LogP contribution is -2.24. The molecule has 0 spiro atoms. The Kier molecular flexibility index (Phi) is 46.4. The number of nitrogens with two attached hydrogens (primary N) is 5. The van der Waals surface area contributed by atoms with Crippen LogP contribution in [0.1, 0.15) is 336 Å². The molecule has 0 aromatic heterocycles. The van der Waals surface area contributed by atoms with Crippen LogP contribution in [0.3, 0.4) is 0 Å². The largest absolute Gasteiger partial charge is 0.326 e. The van der Waals surface area contributed by atoms with Gasteiger partial charge in [0.2, 0.25) is 0 Å². The first-order chi connectivity index (χ1) is 50.5. The molecule has 108 heavy (non-hydrogen) atoms. The second-order valence-electron chi connectivity index (χ2n) is 32.5. The van der Waals surface area contributed by atoms with E-state index in [1.165, 1.54) is 35.6 Å². The summed E-state index contributed by atoms with van der Waals surface area (Å²) in [6.45, 7) is 51.6. The molecule has 0 bridgehead atoms. The average molecular weight is 1510 g/mol. The number of sulfone groups is 1. The van der Waals surface area contributed by atoms with Crippen LogP contribution in [0, 0.1) is 75.0 Å². The maximum atomic E-state index is 12.5. The second kappa shape index (κ2) is 50.4. The van der Waals surface area contributed by atoms with Gasteiger partial charge in [0.1, 0.15) is 0 Å². The quantitative estimate of drug-likeness (QED) is 0.0142. The van der Waals surface area contributed by atoms with E-state index in [0.717, 1.165) is 108 Å². The molecular formula is C91H145N7O9S. The highest BCUT2D eigenvalue weighted by Crippen LogP contribution is 2.28. The topological polar surface area (TPSA) is 308 Å². The van der Waals surface area contributed by atoms with E-state index in [9.17, 15) is 42.0 Å². The number of rotatable bonds is 40. The Balaban J connectivity index is 0.000000677. The number of Topliss-reactive ketones (excluding diaryl/α,β-unsaturated/α-hetero) is 7. The monoisotopic (exact) mass is 1510 g/mol. The molecule has 5 rings (SSSR count). The molecule has 0 saturated carbocycles. The van der Waals surface area contributed by atoms with Crippen molar-refractivity contribution in [1.29, 1.82) is 0 Å². The lowest BCUT2D eigenvalue weighted by molar-refractivity contribution is 0.0930. The Morgan fingerprint density at radius 2 is 0.778 bits per heavy atom. The van der Waals surface area contributed by atoms with Crippen molar-refractivity contribution in [2.24, 2.45) is 76.0 Å². The third kappa shape index (κ3) is 33.6. The SMILES string of the molecule is CC(C)CCCCCS(=O)(=O)c1ccc(C(=O)C(C)C)c(CN)c1.Cc1c(C(=O)CCCNC(C)C)ccc(C(=O)C(C)C)c1CN.Cc1c(CCC(C)C)ccc(C(=O)C(C)C)c1CN.Cc1cc(C(=O)CCCNC(C)C)cc(CN)c1C(=O)C(C)C.Cc1cc(CCC(C)C)cc(CN)c1C(=O)C(C)C. The van der Waals surface area contributed by atoms with E-state index in [2.05, 4.69) is 105 Å². The summed E-state index contributed by atoms with van der Waals surface area (Å²) < 4.78 is 25.0. The van der Waals surface area contributed by atoms with Gasteiger partial charge in [-0.3, -0.25) is 33.6 Å². The van der Waals surface area contributed by atoms with E-state index >= 15 is 0 Å². The van der Waals surface area contributed by atoms with Crippen molar-refractivity contribution in [3.63, 3.8) is 0 Å². The summed E-state index contributed by atoms with van der Waals surface area (Å²) in [4.78, 5) is 86.4. The Labute approximate surface area is 653 Å². The third-order valence-corrected chi connectivity index (χ3v) is 21.0. The molecule has 0 atom stereocenters. The molecule has 0 saturated heterocycles. The molecule has 0 fully saturated rings. The number of unbranched alkanes of at least 4 members (excludes halogenated alkanes) is 2. The second-order valence-corrected chi connectivity index (χ2v) is 34.7. The standard InChI is InChI=1S/2C19H30N2O2.C19H31NO3S.2C17H27NO/c1-12(2)19(23)16-9-8-15(14(5)17(16)11-20)18(22)7-6-10-21-13(3)4;1-12(2)19(23)18-14(5)9-15(10-16(18)11-20)17(22)7-6-8-21-13(3)4;1-14(2)8-6-5-7-11-24(22,23)17-9-10-18(16(12-17)13-20)19(21)15(3)4;1-11(2)6-7-14-8-13(5)16(15(9-14)10-18)17(19)12(3)4;1-11(2)6-7-14-8-9-15(17(19)12(3)4)16(10-18)13(14)5/h8-9,12-13,21H,6-7,10-11,20H2,1-5H3;9-10,12-13,21H,6-8,11,20H2,1-5H3;9-10,12,14-15H,5-8,11,13,20H2,1-4H3;2*8-9,11-12H,6-7,10,18H2,1-5H3. The Bertz CT molecular complexity index is 3800. The van der Waals surface area contributed by atoms with E-state index in [1.54, 1.807) is 30.3 Å². The lowest BCUT2D eigenvalue weighted by atomic mass is 9.89. The van der Waals surface area contributed by atoms with Gasteiger partial charge in [0.25, 0.3) is 0 Å². The number of benzene rings is 5. The van der Waals surface area contributed by atoms with Crippen LogP contribution in [0.4, 0.5) is 0 Å². The third-order valence-electron chi connectivity index (χ3n) is 19.2. The van der Waals surface area contributed by atoms with Crippen molar-refractivity contribution in [2.75, 3.05) is 18.8 Å². The average Bonchev–Trinajstić information content (AvgIpc) is 0.834. The molecule has 16 nitrogen and oxygen atoms in total. The van der Waals surface area contributed by atoms with Gasteiger partial charge in [-0.2, -0.15) is 0 Å². The van der Waals surface area contributed by atoms with E-state index in [1.807, 2.05) is 102 Å². The van der Waals surface area contributed by atoms with Crippen molar-refractivity contribution < 1.29 is 42.0 Å². The lowest BCUT2D eigenvalue weighted by Gasteiger charge is -2.16. The zero-order valence-electron chi connectivity index (χ0n) is 71.2. The highest BCUT2D eigenvalue weighted by molar-refractivity contribution is 7.91. The van der Waals surface area contributed by atoms with Crippen LogP contribution in [0.5, 0.6) is 0 Å². The van der Waals surface area contributed by atoms with Crippen molar-refractivity contribution in [1.82, 2.24) is 10.6 Å². The minimum Gasteiger partial charge on any atom is -0.326 e. The molecule has 0 aliphatic carbocycles. The Hall–Kier alpha value is -6.54. The van der Waals surface area contributed by atoms with Gasteiger partial charge >= 0.3 is 0 Å². The number of nitrogens with one attached hydrogen (secondary N) is 2. The number of hydrogen-bond acceptors (Lipinski definition) is 16. The van der Waals surface area contributed by atoms with Crippen LogP contribution in [0.25, 0.3) is 0 Å². The summed E-state index contributed by atoms with van der Waals surface area (Å²) in [5.74, 6) is 2.70. The summed E-state index contributed by atoms with van der Waals surface area (Å²) >= 11 is 0. The van der Waals surface area contributed by atoms with Crippen molar-refractivity contribution in [3.8, 4) is 0 Å². The Morgan fingerprint density at radius 1 is 0.370 bits per heavy atom. The minimum absolute atomic E-state index is 0.00640. The maximum absolute atomic E-state index is 12.5. The Morgan fingerprint density at radius 3 is 1.22 bits per heavy atom. The summed E-state index contributed by atoms with van der Waals surface area (Å²) in [5, 5.41) is 6.61. The van der Waals surface area contributed by atoms with Crippen molar-refractivity contribution >= 4 is 50.3 Å². The summed E-state index contributed by atoms with van der Waals surface area (Å²) in [5.41, 5.74) is 44.7. The van der Waals surface area contributed by atoms with E-state index in [-0.39, 0.29) is 100 Å². The molecule has 0 amide bonds. The molecule has 0 aliphatic rings. The minimum atomic E-state index is -3.32. The molecule has 5 aromatic rings. The first-order valence-electron chi connectivity index (χ1n) is 40.1. The number of ketones is 7. The van der Waals surface area contributed by atoms with E-state index in [4.69, 9.17) is 28.7 Å². The number of carbonyl (C=O) groups is 7. The number of carbonyl (C=O) groups excluding carboxylic acids is 7. The molecule has 0 unspecified atom stereocenters. The summed E-state index contributed by atoms with van der Waals surface area (Å²) in [6, 6.07) is 21.1. The molecule has 12 N–H and O–H groups in total. The number of hydrogen-bond donors (Lipinski definition) is 7. The van der Waals surface area contributed by atoms with Crippen LogP contribution in [-0.2, 0) is 55.4 Å². The van der Waals surface area contributed by atoms with Crippen molar-refractivity contribution in [2.45, 2.75) is 293 Å². The van der Waals surface area contributed by atoms with Gasteiger partial charge in [-0.1, -0.05) is 194 Å². The fourth-order valence-corrected chi connectivity index (χ4v) is 14.0. The van der Waals surface area contributed by atoms with Crippen molar-refractivity contribution in [3.05, 3.63) is 167 Å². The van der Waals surface area contributed by atoms with Gasteiger partial charge in [-0.25, -0.2) is 8.42 Å². The van der Waals surface area contributed by atoms with Crippen LogP contribution in [-0.4, -0.2) is 79.8 Å². The number of aryl methyl sites for hydroxylation is 4. The zero-order chi connectivity index (χ0) is 82.6. The molecular weight excluding hydrogens is 1370 g/mol. The first kappa shape index (κ1) is 99.5. The van der Waals surface area contributed by atoms with Crippen LogP contribution in [0.2, 0.25) is 0 Å². The van der Waals surface area contributed by atoms with Gasteiger partial charge in [0.05, 0.1) is 10.6 Å². The van der Waals surface area contributed by atoms with Gasteiger partial charge in [0.15, 0.2) is 50.3 Å². The van der Waals surface area contributed by atoms with Crippen LogP contribution < -0.4 is 39.3 Å². The normalized spacial score (nSPS) is 11.5. The predicted molar refractivity (Wildman–Crippen MR) is 452 cm³/mol. The highest BCUT2D eigenvalue weighted by atomic mass is 32.2. The highest BCUT2D eigenvalue weighted by Gasteiger charge is 2.25. The molecule has 0 heterocycles. The van der Waals surface area contributed by atoms with E-state index in [0.29, 0.717) is 95.6 Å². The molecule has 5 aromatic carbocycles. The molecule has 17 heteroatoms. The van der Waals surface area contributed by atoms with Gasteiger partial charge < -0.3 is 39.3 Å². The summed E-state index contributed by atoms with van der Waals surface area (Å²) in [7, 11) is -3.32. The maximum Gasteiger partial charge on any atom is 0.178 e. The molecule has 604 valence electrons. The predicted octanol–water partition coefficient (Wildman–Crippen LogP) is 18.2. The van der Waals surface area contributed by atoms with Crippen LogP contribution in [0.15, 0.2) is 71.6 Å². The molecule has 0 radical (unpaired) electrons.